The molecule has 2 aromatic carbocycles. The molecule has 2 aromatic rings. The molecule has 0 amide bonds. The molecular weight excluding hydrogens is 930 g/mol. The first-order valence-electron chi connectivity index (χ1n) is 5.97. The topological polar surface area (TPSA) is 130 Å². The number of carbonyl (C=O) groups excluding carboxylic acids is 1. The van der Waals surface area contributed by atoms with Gasteiger partial charge in [0.2, 0.25) is 23.3 Å². The number of hydrogen-bond acceptors (Lipinski definition) is 7. The molecule has 0 radical (unpaired) electrons. The average Bonchev–Trinajstić information content (AvgIpc) is 2.72. The summed E-state index contributed by atoms with van der Waals surface area (Å²) in [6.45, 7) is -0.181. The van der Waals surface area contributed by atoms with Crippen LogP contribution in [0, 0.1) is 30.4 Å². The van der Waals surface area contributed by atoms with Crippen molar-refractivity contribution in [3.8, 4) is 23.0 Å². The summed E-state index contributed by atoms with van der Waals surface area (Å²) < 4.78 is 49.9. The van der Waals surface area contributed by atoms with Crippen LogP contribution in [0.1, 0.15) is 1.43 Å². The van der Waals surface area contributed by atoms with E-state index in [1.54, 1.807) is 45.2 Å². The molecule has 0 aliphatic heterocycles. The van der Waals surface area contributed by atoms with Crippen molar-refractivity contribution in [2.75, 3.05) is 0 Å². The third-order valence-electron chi connectivity index (χ3n) is 2.30. The Hall–Kier alpha value is 2.98. The molecule has 160 valence electrons. The average molecular weight is 938 g/mol. The predicted molar refractivity (Wildman–Crippen MR) is 121 cm³/mol. The minimum atomic E-state index is -1.43. The van der Waals surface area contributed by atoms with Gasteiger partial charge in [0.1, 0.15) is 0 Å². The Morgan fingerprint density at radius 2 is 1.03 bits per heavy atom. The van der Waals surface area contributed by atoms with E-state index in [-0.39, 0.29) is 118 Å². The Morgan fingerprint density at radius 1 is 0.800 bits per heavy atom. The van der Waals surface area contributed by atoms with Gasteiger partial charge in [-0.2, -0.15) is 17.6 Å². The Balaban J connectivity index is -0.000000109. The van der Waals surface area contributed by atoms with Crippen molar-refractivity contribution >= 4 is 88.9 Å². The Bertz CT molecular complexity index is 681. The first-order valence-corrected chi connectivity index (χ1v) is 14.4. The van der Waals surface area contributed by atoms with Crippen LogP contribution in [0.25, 0.3) is 0 Å². The summed E-state index contributed by atoms with van der Waals surface area (Å²) >= 11 is 7.47. The van der Waals surface area contributed by atoms with Gasteiger partial charge in [-0.15, -0.1) is 0 Å². The largest absolute Gasteiger partial charge is 1.00 e. The maximum Gasteiger partial charge on any atom is 1.00 e. The minimum Gasteiger partial charge on any atom is -1.00 e. The molecule has 17 heteroatoms. The maximum atomic E-state index is 12.6. The number of hydrogen-bond donors (Lipinski definition) is 4. The molecule has 0 aliphatic rings. The first-order chi connectivity index (χ1) is 13.0. The molecule has 0 bridgehead atoms. The summed E-state index contributed by atoms with van der Waals surface area (Å²) in [4.78, 5) is 11.2. The fraction of sp³-hybridized carbons (Fsp3) is 0. The van der Waals surface area contributed by atoms with E-state index in [1.807, 2.05) is 0 Å². The van der Waals surface area contributed by atoms with Crippen LogP contribution in [0.3, 0.4) is 0 Å². The molecule has 2 rings (SSSR count). The summed E-state index contributed by atoms with van der Waals surface area (Å²) in [5.74, 6) is -8.86. The molecule has 4 N–H and O–H groups in total. The van der Waals surface area contributed by atoms with Crippen molar-refractivity contribution in [3.05, 3.63) is 42.5 Å². The molecule has 0 aromatic heterocycles. The van der Waals surface area contributed by atoms with E-state index in [9.17, 15) is 17.6 Å². The smallest absolute Gasteiger partial charge is 1.00 e. The second-order valence-electron chi connectivity index (χ2n) is 3.88. The number of carbonyl (C=O) groups is 1. The fourth-order valence-electron chi connectivity index (χ4n) is 1.14. The second-order valence-corrected chi connectivity index (χ2v) is 6.03. The van der Waals surface area contributed by atoms with Crippen LogP contribution in [0.4, 0.5) is 17.6 Å². The van der Waals surface area contributed by atoms with Crippen LogP contribution in [-0.4, -0.2) is 26.9 Å². The Labute approximate surface area is 304 Å². The molecule has 0 heterocycles. The van der Waals surface area contributed by atoms with Crippen molar-refractivity contribution < 1.29 is 157 Å². The first kappa shape index (κ1) is 40.2. The summed E-state index contributed by atoms with van der Waals surface area (Å²) in [6, 6.07) is 1.74. The molecule has 30 heavy (non-hydrogen) atoms. The SMILES string of the molecule is II.O=CO[O-].Oc1c(F)c(F)c(O)c(I)c1I.Oc1ccc(O)c(F)c1F.[H-].[K+].[K+]. The zero-order chi connectivity index (χ0) is 22.6. The number of rotatable bonds is 1. The van der Waals surface area contributed by atoms with Crippen molar-refractivity contribution in [3.63, 3.8) is 0 Å². The normalized spacial score (nSPS) is 8.30. The zero-order valence-electron chi connectivity index (χ0n) is 15.8. The van der Waals surface area contributed by atoms with Crippen LogP contribution in [-0.2, 0) is 9.68 Å². The van der Waals surface area contributed by atoms with Gasteiger partial charge in [0.25, 0.3) is 6.47 Å². The molecule has 0 saturated heterocycles. The molecule has 0 fully saturated rings. The van der Waals surface area contributed by atoms with E-state index in [2.05, 4.69) is 42.1 Å². The molecule has 0 atom stereocenters. The van der Waals surface area contributed by atoms with Crippen LogP contribution >= 0.6 is 82.4 Å². The van der Waals surface area contributed by atoms with Gasteiger partial charge in [0.15, 0.2) is 23.0 Å². The quantitative estimate of drug-likeness (QED) is 0.0392. The minimum absolute atomic E-state index is 0. The molecule has 0 spiro atoms. The van der Waals surface area contributed by atoms with E-state index in [4.69, 9.17) is 30.5 Å². The monoisotopic (exact) mass is 938 g/mol. The van der Waals surface area contributed by atoms with Crippen molar-refractivity contribution in [2.45, 2.75) is 0 Å². The number of halogens is 8. The van der Waals surface area contributed by atoms with Crippen LogP contribution < -0.4 is 108 Å². The van der Waals surface area contributed by atoms with Gasteiger partial charge < -0.3 is 32.0 Å². The van der Waals surface area contributed by atoms with E-state index in [0.717, 1.165) is 12.1 Å². The zero-order valence-corrected chi connectivity index (χ0v) is 29.6. The second kappa shape index (κ2) is 22.4. The summed E-state index contributed by atoms with van der Waals surface area (Å²) in [5.41, 5.74) is 0. The number of phenols is 4. The summed E-state index contributed by atoms with van der Waals surface area (Å²) in [5, 5.41) is 43.3. The van der Waals surface area contributed by atoms with E-state index >= 15 is 0 Å². The summed E-state index contributed by atoms with van der Waals surface area (Å²) in [7, 11) is 0. The standard InChI is InChI=1S/C6H2F2I2O2.C6H4F2O2.CH2O3.I2.2K.H/c7-1-2(8)6(12)4(10)3(9)5(1)11;7-5-3(9)1-2-4(10)6(5)8;2-1-4-3;1-2;;;/h11-12H;1-2,9-10H;1,3H;;;;/q;;;;2*+1;-1/p-1. The third kappa shape index (κ3) is 13.8. The summed E-state index contributed by atoms with van der Waals surface area (Å²) in [6.07, 6.45) is 0. The van der Waals surface area contributed by atoms with Crippen LogP contribution in [0.5, 0.6) is 23.0 Å². The number of benzene rings is 2. The van der Waals surface area contributed by atoms with Crippen molar-refractivity contribution in [2.24, 2.45) is 0 Å². The molecule has 7 nitrogen and oxygen atoms in total. The Kier molecular flexibility index (Phi) is 30.1. The molecular formula is C13H8F4I4K2O7. The maximum absolute atomic E-state index is 12.6. The van der Waals surface area contributed by atoms with Gasteiger partial charge in [0, 0.05) is 37.2 Å². The predicted octanol–water partition coefficient (Wildman–Crippen LogP) is -1.71. The Morgan fingerprint density at radius 3 is 1.23 bits per heavy atom. The van der Waals surface area contributed by atoms with Crippen LogP contribution in [0.15, 0.2) is 12.1 Å². The van der Waals surface area contributed by atoms with Gasteiger partial charge in [0.05, 0.1) is 7.14 Å². The molecule has 0 aliphatic carbocycles. The fourth-order valence-corrected chi connectivity index (χ4v) is 2.12. The van der Waals surface area contributed by atoms with Gasteiger partial charge in [-0.3, -0.25) is 4.79 Å². The number of aromatic hydroxyl groups is 4. The van der Waals surface area contributed by atoms with E-state index in [1.165, 1.54) is 0 Å². The van der Waals surface area contributed by atoms with Crippen molar-refractivity contribution in [1.29, 1.82) is 0 Å². The van der Waals surface area contributed by atoms with Gasteiger partial charge in [-0.1, -0.05) is 0 Å². The molecule has 0 saturated carbocycles. The van der Waals surface area contributed by atoms with E-state index < -0.39 is 46.3 Å². The van der Waals surface area contributed by atoms with Gasteiger partial charge >= 0.3 is 103 Å². The van der Waals surface area contributed by atoms with Crippen LogP contribution in [0.2, 0.25) is 0 Å². The molecule has 0 unspecified atom stereocenters. The van der Waals surface area contributed by atoms with E-state index in [0.29, 0.717) is 0 Å². The van der Waals surface area contributed by atoms with Gasteiger partial charge in [-0.25, -0.2) is 0 Å². The van der Waals surface area contributed by atoms with Crippen molar-refractivity contribution in [1.82, 2.24) is 0 Å². The van der Waals surface area contributed by atoms with Gasteiger partial charge in [-0.05, 0) is 57.3 Å². The number of phenolic OH excluding ortho intramolecular Hbond substituents is 4. The third-order valence-corrected chi connectivity index (χ3v) is 5.43.